The average molecular weight is 182 g/mol. The smallest absolute Gasteiger partial charge is 0.248 e. The largest absolute Gasteiger partial charge is 0.380 e. The molecule has 0 heterocycles. The van der Waals surface area contributed by atoms with E-state index in [9.17, 15) is 9.59 Å². The van der Waals surface area contributed by atoms with E-state index in [1.165, 1.54) is 6.07 Å². The highest BCUT2D eigenvalue weighted by Gasteiger charge is 2.07. The highest BCUT2D eigenvalue weighted by atomic mass is 16.2. The molecule has 0 aliphatic carbocycles. The van der Waals surface area contributed by atoms with Crippen molar-refractivity contribution in [1.29, 1.82) is 0 Å². The van der Waals surface area contributed by atoms with Crippen LogP contribution in [0.2, 0.25) is 0 Å². The molecule has 0 aliphatic rings. The van der Waals surface area contributed by atoms with Gasteiger partial charge in [0.05, 0.1) is 5.69 Å². The van der Waals surface area contributed by atoms with Crippen LogP contribution in [0.5, 0.6) is 0 Å². The van der Waals surface area contributed by atoms with Crippen molar-refractivity contribution >= 4 is 5.69 Å². The molecule has 1 N–H and O–H groups in total. The van der Waals surface area contributed by atoms with Crippen LogP contribution in [-0.2, 0) is 0 Å². The number of likely N-dealkylation sites (N-methyl/N-ethyl adjacent to an activating group) is 1. The van der Waals surface area contributed by atoms with E-state index >= 15 is 0 Å². The SMILES string of the molecule is CCN(C)CCNc1cc(=O)c1=O. The lowest BCUT2D eigenvalue weighted by atomic mass is 10.2. The van der Waals surface area contributed by atoms with Gasteiger partial charge in [0.2, 0.25) is 10.9 Å². The Morgan fingerprint density at radius 1 is 1.46 bits per heavy atom. The van der Waals surface area contributed by atoms with Gasteiger partial charge in [-0.1, -0.05) is 6.92 Å². The molecule has 1 rings (SSSR count). The van der Waals surface area contributed by atoms with Crippen molar-refractivity contribution in [2.24, 2.45) is 0 Å². The lowest BCUT2D eigenvalue weighted by molar-refractivity contribution is 0.367. The highest BCUT2D eigenvalue weighted by molar-refractivity contribution is 5.46. The van der Waals surface area contributed by atoms with Crippen LogP contribution in [0.3, 0.4) is 0 Å². The fourth-order valence-corrected chi connectivity index (χ4v) is 0.988. The van der Waals surface area contributed by atoms with Crippen molar-refractivity contribution in [2.75, 3.05) is 32.0 Å². The van der Waals surface area contributed by atoms with Gasteiger partial charge in [-0.3, -0.25) is 9.59 Å². The van der Waals surface area contributed by atoms with Crippen LogP contribution in [0, 0.1) is 0 Å². The lowest BCUT2D eigenvalue weighted by Gasteiger charge is -2.14. The second-order valence-electron chi connectivity index (χ2n) is 3.07. The van der Waals surface area contributed by atoms with Crippen LogP contribution >= 0.6 is 0 Å². The quantitative estimate of drug-likeness (QED) is 0.632. The van der Waals surface area contributed by atoms with Crippen molar-refractivity contribution in [3.05, 3.63) is 26.5 Å². The molecule has 0 saturated carbocycles. The lowest BCUT2D eigenvalue weighted by Crippen LogP contribution is -2.34. The van der Waals surface area contributed by atoms with E-state index < -0.39 is 5.43 Å². The summed E-state index contributed by atoms with van der Waals surface area (Å²) in [5.74, 6) is 0. The molecule has 0 spiro atoms. The Balaban J connectivity index is 2.26. The maximum absolute atomic E-state index is 10.8. The van der Waals surface area contributed by atoms with Gasteiger partial charge in [-0.05, 0) is 13.6 Å². The van der Waals surface area contributed by atoms with Gasteiger partial charge in [-0.2, -0.15) is 0 Å². The molecule has 0 bridgehead atoms. The summed E-state index contributed by atoms with van der Waals surface area (Å²) >= 11 is 0. The third kappa shape index (κ3) is 2.39. The van der Waals surface area contributed by atoms with Crippen molar-refractivity contribution in [1.82, 2.24) is 4.90 Å². The molecule has 0 amide bonds. The first-order valence-corrected chi connectivity index (χ1v) is 4.38. The molecule has 0 atom stereocenters. The fourth-order valence-electron chi connectivity index (χ4n) is 0.988. The van der Waals surface area contributed by atoms with E-state index in [0.29, 0.717) is 12.2 Å². The minimum atomic E-state index is -0.397. The topological polar surface area (TPSA) is 49.4 Å². The molecule has 1 aromatic rings. The number of hydrogen-bond acceptors (Lipinski definition) is 4. The van der Waals surface area contributed by atoms with Gasteiger partial charge in [0.25, 0.3) is 0 Å². The molecule has 0 aliphatic heterocycles. The average Bonchev–Trinajstić information content (AvgIpc) is 2.15. The zero-order chi connectivity index (χ0) is 9.84. The fraction of sp³-hybridized carbons (Fsp3) is 0.556. The third-order valence-electron chi connectivity index (χ3n) is 2.09. The molecule has 72 valence electrons. The molecule has 0 unspecified atom stereocenters. The van der Waals surface area contributed by atoms with Crippen LogP contribution < -0.4 is 16.2 Å². The molecular weight excluding hydrogens is 168 g/mol. The van der Waals surface area contributed by atoms with Gasteiger partial charge in [0, 0.05) is 19.2 Å². The Hall–Kier alpha value is -1.16. The molecule has 13 heavy (non-hydrogen) atoms. The minimum absolute atomic E-state index is 0.390. The minimum Gasteiger partial charge on any atom is -0.380 e. The first-order chi connectivity index (χ1) is 6.15. The van der Waals surface area contributed by atoms with E-state index in [2.05, 4.69) is 17.1 Å². The van der Waals surface area contributed by atoms with Gasteiger partial charge in [-0.15, -0.1) is 0 Å². The van der Waals surface area contributed by atoms with E-state index in [1.807, 2.05) is 7.05 Å². The van der Waals surface area contributed by atoms with E-state index in [0.717, 1.165) is 13.1 Å². The van der Waals surface area contributed by atoms with Crippen molar-refractivity contribution < 1.29 is 0 Å². The summed E-state index contributed by atoms with van der Waals surface area (Å²) in [6.45, 7) is 4.62. The van der Waals surface area contributed by atoms with Crippen LogP contribution in [0.25, 0.3) is 0 Å². The first-order valence-electron chi connectivity index (χ1n) is 4.38. The van der Waals surface area contributed by atoms with Crippen LogP contribution in [0.1, 0.15) is 6.92 Å². The molecule has 0 saturated heterocycles. The summed E-state index contributed by atoms with van der Waals surface area (Å²) in [6, 6.07) is 1.34. The summed E-state index contributed by atoms with van der Waals surface area (Å²) in [6.07, 6.45) is 0. The molecule has 0 radical (unpaired) electrons. The Morgan fingerprint density at radius 2 is 2.15 bits per heavy atom. The molecule has 4 nitrogen and oxygen atoms in total. The van der Waals surface area contributed by atoms with E-state index in [1.54, 1.807) is 0 Å². The van der Waals surface area contributed by atoms with Crippen LogP contribution in [0.15, 0.2) is 15.7 Å². The number of rotatable bonds is 5. The van der Waals surface area contributed by atoms with Gasteiger partial charge >= 0.3 is 0 Å². The summed E-state index contributed by atoms with van der Waals surface area (Å²) in [5.41, 5.74) is -0.333. The molecule has 1 aromatic carbocycles. The van der Waals surface area contributed by atoms with E-state index in [-0.39, 0.29) is 5.43 Å². The van der Waals surface area contributed by atoms with Gasteiger partial charge in [0.15, 0.2) is 0 Å². The Morgan fingerprint density at radius 3 is 2.62 bits per heavy atom. The van der Waals surface area contributed by atoms with Crippen LogP contribution in [0.4, 0.5) is 5.69 Å². The molecule has 4 heteroatoms. The maximum atomic E-state index is 10.8. The van der Waals surface area contributed by atoms with Gasteiger partial charge in [-0.25, -0.2) is 0 Å². The second kappa shape index (κ2) is 4.18. The Labute approximate surface area is 76.9 Å². The normalized spacial score (nSPS) is 11.0. The molecule has 0 aromatic heterocycles. The van der Waals surface area contributed by atoms with E-state index in [4.69, 9.17) is 0 Å². The Bertz CT molecular complexity index is 339. The van der Waals surface area contributed by atoms with Crippen molar-refractivity contribution in [3.63, 3.8) is 0 Å². The summed E-state index contributed by atoms with van der Waals surface area (Å²) in [4.78, 5) is 23.5. The van der Waals surface area contributed by atoms with Crippen molar-refractivity contribution in [3.8, 4) is 0 Å². The summed E-state index contributed by atoms with van der Waals surface area (Å²) in [7, 11) is 2.00. The van der Waals surface area contributed by atoms with Crippen molar-refractivity contribution in [2.45, 2.75) is 6.92 Å². The standard InChI is InChI=1S/C9H14N2O2/c1-3-11(2)5-4-10-7-6-8(12)9(7)13/h6,10H,3-5H2,1-2H3. The molecular formula is C9H14N2O2. The molecule has 0 fully saturated rings. The maximum Gasteiger partial charge on any atom is 0.248 e. The highest BCUT2D eigenvalue weighted by Crippen LogP contribution is 1.93. The number of nitrogens with one attached hydrogen (secondary N) is 1. The van der Waals surface area contributed by atoms with Gasteiger partial charge < -0.3 is 10.2 Å². The number of anilines is 1. The number of nitrogens with zero attached hydrogens (tertiary/aromatic N) is 1. The summed E-state index contributed by atoms with van der Waals surface area (Å²) in [5, 5.41) is 2.91. The first kappa shape index (κ1) is 9.92. The second-order valence-corrected chi connectivity index (χ2v) is 3.07. The summed E-state index contributed by atoms with van der Waals surface area (Å²) < 4.78 is 0. The van der Waals surface area contributed by atoms with Crippen LogP contribution in [-0.4, -0.2) is 31.6 Å². The monoisotopic (exact) mass is 182 g/mol. The predicted molar refractivity (Wildman–Crippen MR) is 53.0 cm³/mol. The third-order valence-corrected chi connectivity index (χ3v) is 2.09. The predicted octanol–water partition coefficient (Wildman–Crippen LogP) is -0.354. The zero-order valence-electron chi connectivity index (χ0n) is 7.96. The number of hydrogen-bond donors (Lipinski definition) is 1. The Kier molecular flexibility index (Phi) is 3.19. The zero-order valence-corrected chi connectivity index (χ0v) is 7.96. The van der Waals surface area contributed by atoms with Gasteiger partial charge in [0.1, 0.15) is 0 Å².